The minimum Gasteiger partial charge on any atom is -0.309 e. The van der Waals surface area contributed by atoms with Gasteiger partial charge in [0.05, 0.1) is 45.1 Å². The van der Waals surface area contributed by atoms with E-state index in [0.29, 0.717) is 92.9 Å². The summed E-state index contributed by atoms with van der Waals surface area (Å²) in [4.78, 5) is 72.7. The van der Waals surface area contributed by atoms with Gasteiger partial charge in [-0.05, 0) is 176 Å². The van der Waals surface area contributed by atoms with Gasteiger partial charge in [-0.25, -0.2) is 74.8 Å². The lowest BCUT2D eigenvalue weighted by atomic mass is 9.93. The number of fused-ring (bicyclic) bond motifs is 6. The summed E-state index contributed by atoms with van der Waals surface area (Å²) in [6.45, 7) is 15.1. The van der Waals surface area contributed by atoms with E-state index in [2.05, 4.69) is 144 Å². The minimum absolute atomic E-state index is 0.468. The minimum atomic E-state index is 0.468. The van der Waals surface area contributed by atoms with Gasteiger partial charge in [0.1, 0.15) is 46.6 Å². The third kappa shape index (κ3) is 10.6. The average molecular weight is 1250 g/mol. The molecule has 16 aromatic rings. The fourth-order valence-electron chi connectivity index (χ4n) is 13.1. The van der Waals surface area contributed by atoms with Crippen molar-refractivity contribution < 1.29 is 0 Å². The largest absolute Gasteiger partial charge is 0.309 e. The summed E-state index contributed by atoms with van der Waals surface area (Å²) >= 11 is 0. The predicted octanol–water partition coefficient (Wildman–Crippen LogP) is 16.1. The molecule has 0 aliphatic rings. The first-order valence-electron chi connectivity index (χ1n) is 31.4. The number of hydrogen-bond donors (Lipinski definition) is 0. The monoisotopic (exact) mass is 1240 g/mol. The predicted molar refractivity (Wildman–Crippen MR) is 374 cm³/mol. The van der Waals surface area contributed by atoms with E-state index >= 15 is 0 Å². The van der Waals surface area contributed by atoms with Gasteiger partial charge >= 0.3 is 0 Å². The van der Waals surface area contributed by atoms with Crippen LogP contribution in [0, 0.1) is 66.7 Å². The zero-order chi connectivity index (χ0) is 65.5. The smallest absolute Gasteiger partial charge is 0.164 e. The standard InChI is InChI=1S/C78H56N18/c1-42-80-43(2)85-74(84-42)53-24-30-68-62(36-53)63-37-54(75-86-44(3)81-45(4)87-75)25-31-69(63)95(68)66-29-23-52(59-22-16-15-21-58(59)41-79)35-60(66)61-40-57(78-93-72(50-17-11-9-12-18-50)92-73(94-78)51-19-13-10-14-20-51)28-34-67(61)96-70-32-26-55(76-88-46(5)82-47(6)89-76)38-64(70)65-39-56(27-33-71(65)96)77-90-48(7)83-49(8)91-77/h9-40H,1-8H3. The maximum absolute atomic E-state index is 10.8. The summed E-state index contributed by atoms with van der Waals surface area (Å²) in [5, 5.41) is 14.6. The molecule has 0 spiro atoms. The van der Waals surface area contributed by atoms with Gasteiger partial charge in [-0.2, -0.15) is 5.26 Å². The van der Waals surface area contributed by atoms with Crippen LogP contribution < -0.4 is 0 Å². The topological polar surface area (TPSA) is 227 Å². The fourth-order valence-corrected chi connectivity index (χ4v) is 13.1. The van der Waals surface area contributed by atoms with Crippen LogP contribution in [0.2, 0.25) is 0 Å². The van der Waals surface area contributed by atoms with Gasteiger partial charge < -0.3 is 9.13 Å². The number of aryl methyl sites for hydroxylation is 8. The van der Waals surface area contributed by atoms with E-state index < -0.39 is 0 Å². The molecule has 0 atom stereocenters. The van der Waals surface area contributed by atoms with Crippen molar-refractivity contribution in [3.63, 3.8) is 0 Å². The molecule has 0 aliphatic carbocycles. The Hall–Kier alpha value is -12.9. The first-order chi connectivity index (χ1) is 46.7. The number of nitriles is 1. The van der Waals surface area contributed by atoms with Gasteiger partial charge in [0.25, 0.3) is 0 Å². The van der Waals surface area contributed by atoms with Crippen molar-refractivity contribution in [3.8, 4) is 119 Å². The highest BCUT2D eigenvalue weighted by molar-refractivity contribution is 6.14. The van der Waals surface area contributed by atoms with Crippen molar-refractivity contribution in [2.75, 3.05) is 0 Å². The Balaban J connectivity index is 1.03. The first-order valence-corrected chi connectivity index (χ1v) is 31.4. The summed E-state index contributed by atoms with van der Waals surface area (Å²) in [5.41, 5.74) is 14.8. The second-order valence-electron chi connectivity index (χ2n) is 23.8. The highest BCUT2D eigenvalue weighted by Gasteiger charge is 2.26. The molecule has 0 unspecified atom stereocenters. The van der Waals surface area contributed by atoms with Crippen LogP contribution in [0.1, 0.15) is 52.2 Å². The Morgan fingerprint density at radius 3 is 0.854 bits per heavy atom. The van der Waals surface area contributed by atoms with Crippen LogP contribution in [0.15, 0.2) is 194 Å². The van der Waals surface area contributed by atoms with E-state index in [4.69, 9.17) is 54.8 Å². The van der Waals surface area contributed by atoms with Gasteiger partial charge in [-0.3, -0.25) is 0 Å². The maximum atomic E-state index is 10.8. The molecule has 7 aromatic heterocycles. The lowest BCUT2D eigenvalue weighted by Gasteiger charge is -2.21. The van der Waals surface area contributed by atoms with Gasteiger partial charge in [0, 0.05) is 71.6 Å². The highest BCUT2D eigenvalue weighted by Crippen LogP contribution is 2.46. The van der Waals surface area contributed by atoms with E-state index in [1.54, 1.807) is 0 Å². The fraction of sp³-hybridized carbons (Fsp3) is 0.103. The second kappa shape index (κ2) is 23.4. The van der Waals surface area contributed by atoms with Gasteiger partial charge in [-0.15, -0.1) is 0 Å². The molecule has 458 valence electrons. The van der Waals surface area contributed by atoms with E-state index in [0.717, 1.165) is 116 Å². The highest BCUT2D eigenvalue weighted by atomic mass is 15.1. The van der Waals surface area contributed by atoms with Crippen LogP contribution in [0.4, 0.5) is 0 Å². The van der Waals surface area contributed by atoms with Crippen molar-refractivity contribution in [2.45, 2.75) is 55.4 Å². The SMILES string of the molecule is Cc1nc(C)nc(-c2ccc3c(c2)c2cc(-c4nc(C)nc(C)n4)ccc2n3-c2ccc(-c3nc(-c4ccccc4)nc(-c4ccccc4)n3)cc2-c2cc(-c3ccccc3C#N)ccc2-n2c3ccc(-c4nc(C)nc(C)n4)cc3c3cc(-c4nc(C)nc(C)n4)ccc32)n1. The zero-order valence-electron chi connectivity index (χ0n) is 53.5. The average Bonchev–Trinajstić information content (AvgIpc) is 1.55. The second-order valence-corrected chi connectivity index (χ2v) is 23.8. The van der Waals surface area contributed by atoms with Crippen molar-refractivity contribution >= 4 is 43.6 Å². The molecule has 0 radical (unpaired) electrons. The van der Waals surface area contributed by atoms with Crippen LogP contribution in [0.5, 0.6) is 0 Å². The van der Waals surface area contributed by atoms with Gasteiger partial charge in [-0.1, -0.05) is 84.9 Å². The Kier molecular flexibility index (Phi) is 14.2. The van der Waals surface area contributed by atoms with E-state index in [1.807, 2.05) is 140 Å². The summed E-state index contributed by atoms with van der Waals surface area (Å²) in [7, 11) is 0. The number of benzene rings is 9. The molecule has 18 nitrogen and oxygen atoms in total. The quantitative estimate of drug-likeness (QED) is 0.117. The summed E-state index contributed by atoms with van der Waals surface area (Å²) in [6.07, 6.45) is 0. The van der Waals surface area contributed by atoms with E-state index in [-0.39, 0.29) is 0 Å². The molecular weight excluding hydrogens is 1190 g/mol. The Bertz CT molecular complexity index is 5560. The molecule has 7 heterocycles. The molecular formula is C78H56N18. The van der Waals surface area contributed by atoms with Crippen LogP contribution in [-0.4, -0.2) is 83.9 Å². The first kappa shape index (κ1) is 58.2. The number of nitrogens with zero attached hydrogens (tertiary/aromatic N) is 18. The zero-order valence-corrected chi connectivity index (χ0v) is 53.5. The van der Waals surface area contributed by atoms with Crippen LogP contribution in [0.3, 0.4) is 0 Å². The summed E-state index contributed by atoms with van der Waals surface area (Å²) in [5.74, 6) is 8.77. The molecule has 0 bridgehead atoms. The Morgan fingerprint density at radius 2 is 0.510 bits per heavy atom. The molecule has 0 saturated heterocycles. The summed E-state index contributed by atoms with van der Waals surface area (Å²) in [6, 6.07) is 68.7. The Labute approximate surface area is 551 Å². The molecule has 18 heteroatoms. The summed E-state index contributed by atoms with van der Waals surface area (Å²) < 4.78 is 4.65. The van der Waals surface area contributed by atoms with Crippen LogP contribution >= 0.6 is 0 Å². The number of rotatable bonds is 11. The molecule has 0 saturated carbocycles. The van der Waals surface area contributed by atoms with E-state index in [9.17, 15) is 5.26 Å². The van der Waals surface area contributed by atoms with E-state index in [1.165, 1.54) is 0 Å². The van der Waals surface area contributed by atoms with Crippen molar-refractivity contribution in [1.29, 1.82) is 5.26 Å². The normalized spacial score (nSPS) is 11.5. The Morgan fingerprint density at radius 1 is 0.240 bits per heavy atom. The van der Waals surface area contributed by atoms with Crippen molar-refractivity contribution in [1.82, 2.24) is 83.9 Å². The number of aromatic nitrogens is 17. The lowest BCUT2D eigenvalue weighted by molar-refractivity contribution is 0.928. The van der Waals surface area contributed by atoms with Gasteiger partial charge in [0.15, 0.2) is 40.8 Å². The number of hydrogen-bond acceptors (Lipinski definition) is 16. The molecule has 9 aromatic carbocycles. The molecule has 0 aliphatic heterocycles. The van der Waals surface area contributed by atoms with Crippen LogP contribution in [0.25, 0.3) is 157 Å². The van der Waals surface area contributed by atoms with Crippen LogP contribution in [-0.2, 0) is 0 Å². The molecule has 0 N–H and O–H groups in total. The molecule has 96 heavy (non-hydrogen) atoms. The lowest BCUT2D eigenvalue weighted by Crippen LogP contribution is -2.04. The van der Waals surface area contributed by atoms with Crippen molar-refractivity contribution in [3.05, 3.63) is 246 Å². The molecule has 0 amide bonds. The molecule has 0 fully saturated rings. The molecule has 16 rings (SSSR count). The third-order valence-electron chi connectivity index (χ3n) is 17.1. The van der Waals surface area contributed by atoms with Gasteiger partial charge in [0.2, 0.25) is 0 Å². The third-order valence-corrected chi connectivity index (χ3v) is 17.1. The van der Waals surface area contributed by atoms with Crippen molar-refractivity contribution in [2.24, 2.45) is 0 Å². The maximum Gasteiger partial charge on any atom is 0.164 e.